The minimum absolute atomic E-state index is 0.00858. The molecule has 4 atom stereocenters. The predicted octanol–water partition coefficient (Wildman–Crippen LogP) is 2.77. The van der Waals surface area contributed by atoms with E-state index in [1.54, 1.807) is 10.6 Å². The second kappa shape index (κ2) is 11.0. The van der Waals surface area contributed by atoms with Gasteiger partial charge in [-0.15, -0.1) is 0 Å². The van der Waals surface area contributed by atoms with Crippen LogP contribution in [0.1, 0.15) is 27.0 Å². The topological polar surface area (TPSA) is 150 Å². The SMILES string of the molecule is C=CCOC(=O)Nc1nc(OCC=C)c2ncn([C@@H]3O[C@H](CO)[C@@H](O)[C@H]3O[Si](C)(C)C(C)(C)C)c2n1. The summed E-state index contributed by atoms with van der Waals surface area (Å²) >= 11 is 0. The summed E-state index contributed by atoms with van der Waals surface area (Å²) in [5.74, 6) is 0.0216. The highest BCUT2D eigenvalue weighted by Crippen LogP contribution is 2.42. The number of ether oxygens (including phenoxy) is 3. The van der Waals surface area contributed by atoms with Crippen LogP contribution < -0.4 is 10.1 Å². The molecule has 2 aromatic rings. The van der Waals surface area contributed by atoms with Crippen LogP contribution in [0.4, 0.5) is 10.7 Å². The Bertz CT molecular complexity index is 1100. The molecule has 13 heteroatoms. The normalized spacial score (nSPS) is 22.4. The molecular formula is C23H35N5O7Si. The lowest BCUT2D eigenvalue weighted by molar-refractivity contribution is -0.0497. The van der Waals surface area contributed by atoms with E-state index in [4.69, 9.17) is 18.6 Å². The van der Waals surface area contributed by atoms with Crippen molar-refractivity contribution in [3.05, 3.63) is 31.6 Å². The van der Waals surface area contributed by atoms with Crippen LogP contribution >= 0.6 is 0 Å². The Kier molecular flexibility index (Phi) is 8.51. The highest BCUT2D eigenvalue weighted by molar-refractivity contribution is 6.74. The minimum Gasteiger partial charge on any atom is -0.472 e. The van der Waals surface area contributed by atoms with Crippen LogP contribution in [-0.2, 0) is 13.9 Å². The molecule has 1 aliphatic heterocycles. The van der Waals surface area contributed by atoms with Gasteiger partial charge in [-0.1, -0.05) is 46.1 Å². The number of hydrogen-bond acceptors (Lipinski definition) is 10. The van der Waals surface area contributed by atoms with Gasteiger partial charge in [-0.2, -0.15) is 9.97 Å². The summed E-state index contributed by atoms with van der Waals surface area (Å²) in [7, 11) is -2.36. The standard InChI is InChI=1S/C23H35N5O7Si/c1-8-10-32-19-15-18(25-21(26-19)27-22(31)33-11-9-2)28(13-24-15)20-17(16(30)14(12-29)34-20)35-36(6,7)23(3,4)5/h8-9,13-14,16-17,20,29-30H,1-2,10-12H2,3-7H3,(H,25,26,27,31)/t14-,16-,17-,20-/m1/s1. The molecular weight excluding hydrogens is 486 g/mol. The van der Waals surface area contributed by atoms with Gasteiger partial charge in [0.05, 0.1) is 12.9 Å². The molecule has 3 N–H and O–H groups in total. The van der Waals surface area contributed by atoms with Crippen LogP contribution in [0.15, 0.2) is 31.6 Å². The third kappa shape index (κ3) is 5.76. The van der Waals surface area contributed by atoms with E-state index in [9.17, 15) is 15.0 Å². The van der Waals surface area contributed by atoms with Gasteiger partial charge in [-0.25, -0.2) is 9.78 Å². The van der Waals surface area contributed by atoms with Crippen LogP contribution in [0.2, 0.25) is 18.1 Å². The molecule has 36 heavy (non-hydrogen) atoms. The van der Waals surface area contributed by atoms with Crippen LogP contribution in [-0.4, -0.2) is 82.3 Å². The Balaban J connectivity index is 2.06. The van der Waals surface area contributed by atoms with Gasteiger partial charge in [-0.05, 0) is 18.1 Å². The van der Waals surface area contributed by atoms with E-state index in [0.717, 1.165) is 0 Å². The van der Waals surface area contributed by atoms with Crippen molar-refractivity contribution < 1.29 is 33.6 Å². The summed E-state index contributed by atoms with van der Waals surface area (Å²) in [5.41, 5.74) is 0.571. The van der Waals surface area contributed by atoms with Gasteiger partial charge in [0, 0.05) is 0 Å². The number of aliphatic hydroxyl groups excluding tert-OH is 2. The highest BCUT2D eigenvalue weighted by atomic mass is 28.4. The summed E-state index contributed by atoms with van der Waals surface area (Å²) in [6.07, 6.45) is 0.0485. The van der Waals surface area contributed by atoms with Crippen molar-refractivity contribution in [1.82, 2.24) is 19.5 Å². The Morgan fingerprint density at radius 2 is 1.97 bits per heavy atom. The fourth-order valence-corrected chi connectivity index (χ4v) is 4.66. The molecule has 1 aliphatic rings. The summed E-state index contributed by atoms with van der Waals surface area (Å²) in [4.78, 5) is 25.2. The molecule has 0 aromatic carbocycles. The Morgan fingerprint density at radius 1 is 1.28 bits per heavy atom. The first kappa shape index (κ1) is 27.7. The quantitative estimate of drug-likeness (QED) is 0.314. The van der Waals surface area contributed by atoms with Gasteiger partial charge in [0.25, 0.3) is 0 Å². The first-order chi connectivity index (χ1) is 16.9. The van der Waals surface area contributed by atoms with Gasteiger partial charge in [-0.3, -0.25) is 9.88 Å². The first-order valence-electron chi connectivity index (χ1n) is 11.6. The number of nitrogens with zero attached hydrogens (tertiary/aromatic N) is 4. The molecule has 2 aromatic heterocycles. The van der Waals surface area contributed by atoms with E-state index >= 15 is 0 Å². The van der Waals surface area contributed by atoms with Crippen molar-refractivity contribution >= 4 is 31.5 Å². The van der Waals surface area contributed by atoms with Gasteiger partial charge in [0.15, 0.2) is 25.7 Å². The molecule has 3 rings (SSSR count). The molecule has 0 saturated carbocycles. The fourth-order valence-electron chi connectivity index (χ4n) is 3.37. The number of anilines is 1. The molecule has 0 unspecified atom stereocenters. The van der Waals surface area contributed by atoms with Crippen LogP contribution in [0.25, 0.3) is 11.2 Å². The number of carbonyl (C=O) groups is 1. The number of aromatic nitrogens is 4. The van der Waals surface area contributed by atoms with E-state index in [1.165, 1.54) is 12.4 Å². The molecule has 198 valence electrons. The fraction of sp³-hybridized carbons (Fsp3) is 0.565. The number of imidazole rings is 1. The second-order valence-electron chi connectivity index (χ2n) is 9.87. The number of nitrogens with one attached hydrogen (secondary N) is 1. The largest absolute Gasteiger partial charge is 0.472 e. The van der Waals surface area contributed by atoms with Crippen molar-refractivity contribution in [2.24, 2.45) is 0 Å². The highest BCUT2D eigenvalue weighted by Gasteiger charge is 2.50. The van der Waals surface area contributed by atoms with Crippen LogP contribution in [0, 0.1) is 0 Å². The van der Waals surface area contributed by atoms with Crippen molar-refractivity contribution in [2.75, 3.05) is 25.1 Å². The van der Waals surface area contributed by atoms with E-state index in [-0.39, 0.29) is 35.7 Å². The third-order valence-electron chi connectivity index (χ3n) is 6.28. The van der Waals surface area contributed by atoms with Crippen molar-refractivity contribution in [3.63, 3.8) is 0 Å². The average Bonchev–Trinajstić information content (AvgIpc) is 3.36. The average molecular weight is 522 g/mol. The molecule has 3 heterocycles. The Hall–Kier alpha value is -2.84. The monoisotopic (exact) mass is 521 g/mol. The van der Waals surface area contributed by atoms with E-state index in [1.807, 2.05) is 0 Å². The van der Waals surface area contributed by atoms with Crippen LogP contribution in [0.5, 0.6) is 5.88 Å². The summed E-state index contributed by atoms with van der Waals surface area (Å²) in [5, 5.41) is 23.1. The van der Waals surface area contributed by atoms with Gasteiger partial charge in [0.1, 0.15) is 31.5 Å². The lowest BCUT2D eigenvalue weighted by Crippen LogP contribution is -2.48. The number of carbonyl (C=O) groups excluding carboxylic acids is 1. The molecule has 0 bridgehead atoms. The number of amides is 1. The molecule has 12 nitrogen and oxygen atoms in total. The van der Waals surface area contributed by atoms with E-state index in [2.05, 4.69) is 67.3 Å². The maximum Gasteiger partial charge on any atom is 0.414 e. The van der Waals surface area contributed by atoms with Crippen molar-refractivity contribution in [2.45, 2.75) is 63.4 Å². The number of hydrogen-bond donors (Lipinski definition) is 3. The lowest BCUT2D eigenvalue weighted by Gasteiger charge is -2.40. The summed E-state index contributed by atoms with van der Waals surface area (Å²) in [6, 6.07) is 0. The maximum atomic E-state index is 12.1. The predicted molar refractivity (Wildman–Crippen MR) is 135 cm³/mol. The Labute approximate surface area is 211 Å². The molecule has 1 saturated heterocycles. The molecule has 0 aliphatic carbocycles. The first-order valence-corrected chi connectivity index (χ1v) is 14.5. The third-order valence-corrected chi connectivity index (χ3v) is 10.8. The smallest absolute Gasteiger partial charge is 0.414 e. The maximum absolute atomic E-state index is 12.1. The van der Waals surface area contributed by atoms with Crippen LogP contribution in [0.3, 0.4) is 0 Å². The Morgan fingerprint density at radius 3 is 2.58 bits per heavy atom. The van der Waals surface area contributed by atoms with Gasteiger partial charge < -0.3 is 28.8 Å². The van der Waals surface area contributed by atoms with E-state index < -0.39 is 45.6 Å². The lowest BCUT2D eigenvalue weighted by atomic mass is 10.1. The zero-order valence-corrected chi connectivity index (χ0v) is 22.3. The zero-order valence-electron chi connectivity index (χ0n) is 21.3. The number of aliphatic hydroxyl groups is 2. The van der Waals surface area contributed by atoms with Gasteiger partial charge >= 0.3 is 6.09 Å². The molecule has 0 spiro atoms. The van der Waals surface area contributed by atoms with E-state index in [0.29, 0.717) is 5.52 Å². The molecule has 1 fully saturated rings. The number of rotatable bonds is 10. The summed E-state index contributed by atoms with van der Waals surface area (Å²) in [6.45, 7) is 17.3. The van der Waals surface area contributed by atoms with Crippen molar-refractivity contribution in [3.8, 4) is 5.88 Å². The zero-order chi connectivity index (χ0) is 26.7. The second-order valence-corrected chi connectivity index (χ2v) is 14.6. The van der Waals surface area contributed by atoms with Gasteiger partial charge in [0.2, 0.25) is 11.8 Å². The van der Waals surface area contributed by atoms with Crippen molar-refractivity contribution in [1.29, 1.82) is 0 Å². The number of fused-ring (bicyclic) bond motifs is 1. The minimum atomic E-state index is -2.36. The molecule has 0 radical (unpaired) electrons. The summed E-state index contributed by atoms with van der Waals surface area (Å²) < 4.78 is 24.8. The molecule has 1 amide bonds.